The molecule has 0 aliphatic carbocycles. The van der Waals surface area contributed by atoms with Crippen LogP contribution in [0.2, 0.25) is 0 Å². The molecule has 0 radical (unpaired) electrons. The fraction of sp³-hybridized carbons (Fsp3) is 0.250. The van der Waals surface area contributed by atoms with Crippen LogP contribution in [0.15, 0.2) is 36.4 Å². The molecule has 0 fully saturated rings. The van der Waals surface area contributed by atoms with E-state index in [4.69, 9.17) is 19.6 Å². The van der Waals surface area contributed by atoms with Crippen molar-refractivity contribution in [1.29, 1.82) is 0 Å². The molecule has 0 saturated heterocycles. The van der Waals surface area contributed by atoms with E-state index in [2.05, 4.69) is 22.6 Å². The zero-order valence-electron chi connectivity index (χ0n) is 15.6. The Balaban J connectivity index is 1.70. The van der Waals surface area contributed by atoms with Crippen LogP contribution in [0.4, 0.5) is 0 Å². The minimum Gasteiger partial charge on any atom is -0.493 e. The second-order valence-electron chi connectivity index (χ2n) is 6.09. The van der Waals surface area contributed by atoms with Crippen molar-refractivity contribution in [3.63, 3.8) is 0 Å². The van der Waals surface area contributed by atoms with Gasteiger partial charge < -0.3 is 14.9 Å². The van der Waals surface area contributed by atoms with Crippen LogP contribution >= 0.6 is 45.2 Å². The number of carbonyl (C=O) groups is 3. The monoisotopic (exact) mass is 640 g/mol. The summed E-state index contributed by atoms with van der Waals surface area (Å²) in [7, 11) is 0. The fourth-order valence-corrected chi connectivity index (χ4v) is 3.32. The summed E-state index contributed by atoms with van der Waals surface area (Å²) in [6, 6.07) is 9.30. The van der Waals surface area contributed by atoms with Gasteiger partial charge in [-0.25, -0.2) is 14.4 Å². The molecule has 8 nitrogen and oxygen atoms in total. The number of carboxylic acids is 2. The molecule has 0 heterocycles. The molecule has 2 rings (SSSR count). The number of aromatic carboxylic acids is 2. The summed E-state index contributed by atoms with van der Waals surface area (Å²) >= 11 is 4.07. The highest BCUT2D eigenvalue weighted by atomic mass is 127. The molecular weight excluding hydrogens is 622 g/mol. The van der Waals surface area contributed by atoms with Crippen molar-refractivity contribution >= 4 is 63.1 Å². The Hall–Kier alpha value is -2.09. The van der Waals surface area contributed by atoms with Gasteiger partial charge in [-0.15, -0.1) is 0 Å². The first kappa shape index (κ1) is 24.2. The van der Waals surface area contributed by atoms with Gasteiger partial charge in [-0.2, -0.15) is 0 Å². The smallest absolute Gasteiger partial charge is 0.355 e. The molecule has 0 atom stereocenters. The number of hydrogen-bond donors (Lipinski definition) is 2. The van der Waals surface area contributed by atoms with Crippen molar-refractivity contribution in [3.8, 4) is 11.5 Å². The van der Waals surface area contributed by atoms with E-state index in [1.54, 1.807) is 18.2 Å². The van der Waals surface area contributed by atoms with Crippen LogP contribution in [-0.4, -0.2) is 34.7 Å². The number of rotatable bonds is 11. The van der Waals surface area contributed by atoms with Gasteiger partial charge in [0.25, 0.3) is 0 Å². The zero-order valence-corrected chi connectivity index (χ0v) is 19.9. The lowest BCUT2D eigenvalue weighted by Crippen LogP contribution is -2.10. The van der Waals surface area contributed by atoms with Gasteiger partial charge in [-0.3, -0.25) is 9.78 Å². The minimum atomic E-state index is -1.18. The van der Waals surface area contributed by atoms with Crippen LogP contribution in [0.5, 0.6) is 11.5 Å². The predicted octanol–water partition coefficient (Wildman–Crippen LogP) is 4.77. The van der Waals surface area contributed by atoms with E-state index in [1.807, 2.05) is 22.6 Å². The fourth-order valence-electron chi connectivity index (χ4n) is 2.40. The molecule has 0 aromatic heterocycles. The van der Waals surface area contributed by atoms with Crippen LogP contribution in [0.25, 0.3) is 0 Å². The zero-order chi connectivity index (χ0) is 22.1. The summed E-state index contributed by atoms with van der Waals surface area (Å²) in [4.78, 5) is 43.8. The van der Waals surface area contributed by atoms with Crippen molar-refractivity contribution in [1.82, 2.24) is 0 Å². The van der Waals surface area contributed by atoms with E-state index >= 15 is 0 Å². The van der Waals surface area contributed by atoms with Crippen LogP contribution < -0.4 is 9.62 Å². The molecule has 10 heteroatoms. The Morgan fingerprint density at radius 3 is 1.97 bits per heavy atom. The van der Waals surface area contributed by atoms with E-state index in [-0.39, 0.29) is 23.3 Å². The van der Waals surface area contributed by atoms with Gasteiger partial charge in [0.2, 0.25) is 0 Å². The first-order chi connectivity index (χ1) is 14.3. The first-order valence-corrected chi connectivity index (χ1v) is 11.0. The highest BCUT2D eigenvalue weighted by Crippen LogP contribution is 2.23. The van der Waals surface area contributed by atoms with Crippen molar-refractivity contribution in [2.24, 2.45) is 0 Å². The molecule has 2 aromatic carbocycles. The maximum Gasteiger partial charge on any atom is 0.355 e. The molecule has 30 heavy (non-hydrogen) atoms. The van der Waals surface area contributed by atoms with E-state index < -0.39 is 17.9 Å². The average molecular weight is 640 g/mol. The van der Waals surface area contributed by atoms with Crippen molar-refractivity contribution in [2.45, 2.75) is 25.7 Å². The summed E-state index contributed by atoms with van der Waals surface area (Å²) in [5.74, 6) is -2.58. The van der Waals surface area contributed by atoms with Crippen LogP contribution in [-0.2, 0) is 9.68 Å². The number of benzene rings is 2. The maximum atomic E-state index is 11.8. The minimum absolute atomic E-state index is 0.0390. The van der Waals surface area contributed by atoms with E-state index in [0.29, 0.717) is 31.6 Å². The molecule has 0 unspecified atom stereocenters. The van der Waals surface area contributed by atoms with Crippen LogP contribution in [0, 0.1) is 7.14 Å². The average Bonchev–Trinajstić information content (AvgIpc) is 2.68. The summed E-state index contributed by atoms with van der Waals surface area (Å²) in [6.45, 7) is 0.316. The molecule has 0 aliphatic rings. The van der Waals surface area contributed by atoms with Gasteiger partial charge in [-0.05, 0) is 101 Å². The van der Waals surface area contributed by atoms with Gasteiger partial charge in [0.1, 0.15) is 16.9 Å². The largest absolute Gasteiger partial charge is 0.493 e. The van der Waals surface area contributed by atoms with E-state index in [9.17, 15) is 19.5 Å². The lowest BCUT2D eigenvalue weighted by atomic mass is 10.2. The molecule has 2 aromatic rings. The second kappa shape index (κ2) is 11.9. The quantitative estimate of drug-likeness (QED) is 0.156. The second-order valence-corrected chi connectivity index (χ2v) is 8.58. The lowest BCUT2D eigenvalue weighted by Gasteiger charge is -2.10. The first-order valence-electron chi connectivity index (χ1n) is 8.83. The molecule has 2 N–H and O–H groups in total. The molecule has 160 valence electrons. The van der Waals surface area contributed by atoms with E-state index in [0.717, 1.165) is 7.14 Å². The van der Waals surface area contributed by atoms with Gasteiger partial charge in [0.15, 0.2) is 5.75 Å². The Kier molecular flexibility index (Phi) is 9.62. The number of hydrogen-bond acceptors (Lipinski definition) is 6. The number of carbonyl (C=O) groups excluding carboxylic acids is 1. The predicted molar refractivity (Wildman–Crippen MR) is 123 cm³/mol. The molecule has 0 aliphatic heterocycles. The number of halogens is 2. The summed E-state index contributed by atoms with van der Waals surface area (Å²) < 4.78 is 7.16. The highest BCUT2D eigenvalue weighted by molar-refractivity contribution is 14.1. The number of unbranched alkanes of at least 4 members (excludes halogenated alkanes) is 2. The van der Waals surface area contributed by atoms with E-state index in [1.165, 1.54) is 18.2 Å². The van der Waals surface area contributed by atoms with Crippen molar-refractivity contribution in [3.05, 3.63) is 54.7 Å². The Morgan fingerprint density at radius 2 is 1.37 bits per heavy atom. The SMILES string of the molecule is O=C(CCCCCOc1cc(I)ccc1C(=O)O)OOc1cc(I)ccc1C(=O)O. The Morgan fingerprint density at radius 1 is 0.800 bits per heavy atom. The third-order valence-electron chi connectivity index (χ3n) is 3.86. The number of carboxylic acid groups (broad SMARTS) is 2. The van der Waals surface area contributed by atoms with Crippen LogP contribution in [0.3, 0.4) is 0 Å². The number of ether oxygens (including phenoxy) is 1. The summed E-state index contributed by atoms with van der Waals surface area (Å²) in [5, 5.41) is 18.3. The Bertz CT molecular complexity index is 929. The van der Waals surface area contributed by atoms with Crippen LogP contribution in [0.1, 0.15) is 46.4 Å². The lowest BCUT2D eigenvalue weighted by molar-refractivity contribution is -0.214. The third-order valence-corrected chi connectivity index (χ3v) is 5.20. The Labute approximate surface area is 199 Å². The topological polar surface area (TPSA) is 119 Å². The van der Waals surface area contributed by atoms with Gasteiger partial charge in [0.05, 0.1) is 13.0 Å². The maximum absolute atomic E-state index is 11.8. The standard InChI is InChI=1S/C20H18I2O8/c21-12-5-7-14(19(24)25)16(10-12)28-9-3-1-2-4-18(23)30-29-17-11-13(22)6-8-15(17)20(26)27/h5-8,10-11H,1-4,9H2,(H,24,25)(H,26,27). The van der Waals surface area contributed by atoms with Gasteiger partial charge in [0, 0.05) is 7.14 Å². The molecule has 0 spiro atoms. The summed E-state index contributed by atoms with van der Waals surface area (Å²) in [5.41, 5.74) is 0.00381. The van der Waals surface area contributed by atoms with Gasteiger partial charge >= 0.3 is 17.9 Å². The molecule has 0 saturated carbocycles. The molecule has 0 amide bonds. The summed E-state index contributed by atoms with van der Waals surface area (Å²) in [6.07, 6.45) is 1.89. The normalized spacial score (nSPS) is 10.3. The highest BCUT2D eigenvalue weighted by Gasteiger charge is 2.15. The third kappa shape index (κ3) is 7.63. The van der Waals surface area contributed by atoms with Crippen molar-refractivity contribution < 1.29 is 39.1 Å². The van der Waals surface area contributed by atoms with Gasteiger partial charge in [-0.1, -0.05) is 0 Å². The molecular formula is C20H18I2O8. The van der Waals surface area contributed by atoms with Crippen molar-refractivity contribution in [2.75, 3.05) is 6.61 Å². The molecule has 0 bridgehead atoms.